The summed E-state index contributed by atoms with van der Waals surface area (Å²) < 4.78 is 18.0. The van der Waals surface area contributed by atoms with Crippen LogP contribution in [0.25, 0.3) is 0 Å². The van der Waals surface area contributed by atoms with Crippen molar-refractivity contribution in [1.82, 2.24) is 9.97 Å². The minimum Gasteiger partial charge on any atom is -0.390 e. The molecule has 1 aromatic heterocycles. The second-order valence-electron chi connectivity index (χ2n) is 7.69. The van der Waals surface area contributed by atoms with Crippen LogP contribution in [-0.4, -0.2) is 52.2 Å². The quantitative estimate of drug-likeness (QED) is 0.457. The first-order chi connectivity index (χ1) is 11.7. The molecule has 2 atom stereocenters. The highest BCUT2D eigenvalue weighted by atomic mass is 35.5. The van der Waals surface area contributed by atoms with Crippen molar-refractivity contribution in [3.63, 3.8) is 0 Å². The van der Waals surface area contributed by atoms with Gasteiger partial charge in [0, 0.05) is 31.9 Å². The summed E-state index contributed by atoms with van der Waals surface area (Å²) in [4.78, 5) is 11.0. The first-order valence-electron chi connectivity index (χ1n) is 8.78. The maximum absolute atomic E-state index is 12.9. The van der Waals surface area contributed by atoms with Crippen molar-refractivity contribution in [1.29, 1.82) is 0 Å². The molecule has 2 fully saturated rings. The smallest absolute Gasteiger partial charge is 0.224 e. The van der Waals surface area contributed by atoms with Crippen molar-refractivity contribution < 1.29 is 14.1 Å². The van der Waals surface area contributed by atoms with E-state index in [0.717, 1.165) is 30.9 Å². The summed E-state index contributed by atoms with van der Waals surface area (Å²) in [6, 6.07) is 2.16. The predicted molar refractivity (Wildman–Crippen MR) is 101 cm³/mol. The van der Waals surface area contributed by atoms with Gasteiger partial charge in [-0.05, 0) is 32.4 Å². The zero-order chi connectivity index (χ0) is 18.2. The minimum atomic E-state index is -1.51. The molecule has 1 saturated carbocycles. The summed E-state index contributed by atoms with van der Waals surface area (Å²) in [6.45, 7) is 7.65. The molecule has 140 valence electrons. The van der Waals surface area contributed by atoms with Crippen molar-refractivity contribution >= 4 is 28.2 Å². The molecule has 2 aliphatic rings. The van der Waals surface area contributed by atoms with Crippen LogP contribution in [-0.2, 0) is 24.5 Å². The Balaban J connectivity index is 1.83. The molecule has 3 rings (SSSR count). The molecule has 0 aromatic carbocycles. The number of halogens is 1. The van der Waals surface area contributed by atoms with Crippen LogP contribution >= 0.6 is 11.6 Å². The lowest BCUT2D eigenvalue weighted by molar-refractivity contribution is 0.0774. The molecule has 1 aliphatic heterocycles. The maximum atomic E-state index is 12.9. The van der Waals surface area contributed by atoms with Crippen molar-refractivity contribution in [2.24, 2.45) is 0 Å². The molecule has 25 heavy (non-hydrogen) atoms. The van der Waals surface area contributed by atoms with E-state index < -0.39 is 21.1 Å². The molecular weight excluding hydrogens is 362 g/mol. The van der Waals surface area contributed by atoms with Crippen LogP contribution in [0.5, 0.6) is 0 Å². The summed E-state index contributed by atoms with van der Waals surface area (Å²) in [5.41, 5.74) is -0.0308. The number of ether oxygens (including phenoxy) is 1. The molecule has 2 heterocycles. The van der Waals surface area contributed by atoms with Gasteiger partial charge in [-0.3, -0.25) is 0 Å². The van der Waals surface area contributed by atoms with Gasteiger partial charge in [-0.1, -0.05) is 0 Å². The van der Waals surface area contributed by atoms with Gasteiger partial charge in [0.25, 0.3) is 0 Å². The Morgan fingerprint density at radius 1 is 1.48 bits per heavy atom. The van der Waals surface area contributed by atoms with Gasteiger partial charge in [-0.25, -0.2) is 9.97 Å². The normalized spacial score (nSPS) is 24.2. The summed E-state index contributed by atoms with van der Waals surface area (Å²) in [6.07, 6.45) is 2.20. The van der Waals surface area contributed by atoms with E-state index in [2.05, 4.69) is 21.8 Å². The summed E-state index contributed by atoms with van der Waals surface area (Å²) >= 11 is 6.19. The SMILES string of the molecule is C[C@H]1COCCN1c1cc(C2([SH+](=O)CCC(C)(C)O)CC2)nc(Cl)n1. The monoisotopic (exact) mass is 388 g/mol. The average molecular weight is 389 g/mol. The zero-order valence-electron chi connectivity index (χ0n) is 15.0. The summed E-state index contributed by atoms with van der Waals surface area (Å²) in [7, 11) is -1.51. The van der Waals surface area contributed by atoms with E-state index in [-0.39, 0.29) is 11.3 Å². The van der Waals surface area contributed by atoms with Crippen LogP contribution < -0.4 is 4.90 Å². The number of thiol groups is 1. The largest absolute Gasteiger partial charge is 0.390 e. The summed E-state index contributed by atoms with van der Waals surface area (Å²) in [5.74, 6) is 1.27. The van der Waals surface area contributed by atoms with E-state index >= 15 is 0 Å². The summed E-state index contributed by atoms with van der Waals surface area (Å²) in [5, 5.41) is 10.1. The van der Waals surface area contributed by atoms with Crippen molar-refractivity contribution in [3.05, 3.63) is 17.0 Å². The van der Waals surface area contributed by atoms with Crippen molar-refractivity contribution in [2.45, 2.75) is 56.4 Å². The third-order valence-corrected chi connectivity index (χ3v) is 7.38. The van der Waals surface area contributed by atoms with Gasteiger partial charge >= 0.3 is 0 Å². The van der Waals surface area contributed by atoms with Gasteiger partial charge in [-0.15, -0.1) is 4.21 Å². The lowest BCUT2D eigenvalue weighted by atomic mass is 10.1. The number of aromatic nitrogens is 2. The lowest BCUT2D eigenvalue weighted by Gasteiger charge is -2.34. The fraction of sp³-hybridized carbons (Fsp3) is 0.765. The van der Waals surface area contributed by atoms with Crippen LogP contribution in [0.15, 0.2) is 6.07 Å². The number of rotatable bonds is 6. The molecule has 1 aromatic rings. The van der Waals surface area contributed by atoms with E-state index in [0.29, 0.717) is 25.4 Å². The Morgan fingerprint density at radius 3 is 2.80 bits per heavy atom. The number of morpholine rings is 1. The molecule has 1 aliphatic carbocycles. The Labute approximate surface area is 156 Å². The second-order valence-corrected chi connectivity index (χ2v) is 10.1. The number of anilines is 1. The highest BCUT2D eigenvalue weighted by Gasteiger charge is 2.57. The fourth-order valence-corrected chi connectivity index (χ4v) is 5.54. The molecule has 0 spiro atoms. The second kappa shape index (κ2) is 7.10. The minimum absolute atomic E-state index is 0.198. The van der Waals surface area contributed by atoms with Gasteiger partial charge < -0.3 is 14.7 Å². The van der Waals surface area contributed by atoms with Gasteiger partial charge in [0.05, 0.1) is 35.7 Å². The number of aliphatic hydroxyl groups is 1. The molecule has 8 heteroatoms. The van der Waals surface area contributed by atoms with E-state index in [9.17, 15) is 9.32 Å². The average Bonchev–Trinajstić information content (AvgIpc) is 3.33. The van der Waals surface area contributed by atoms with E-state index in [1.54, 1.807) is 13.8 Å². The zero-order valence-corrected chi connectivity index (χ0v) is 16.7. The maximum Gasteiger partial charge on any atom is 0.224 e. The third kappa shape index (κ3) is 4.32. The molecular formula is C17H27ClN3O3S+. The van der Waals surface area contributed by atoms with Crippen LogP contribution in [0, 0.1) is 0 Å². The molecule has 1 unspecified atom stereocenters. The molecule has 1 saturated heterocycles. The van der Waals surface area contributed by atoms with E-state index in [4.69, 9.17) is 16.3 Å². The van der Waals surface area contributed by atoms with Crippen LogP contribution in [0.1, 0.15) is 45.7 Å². The molecule has 0 bridgehead atoms. The molecule has 0 radical (unpaired) electrons. The number of nitrogens with zero attached hydrogens (tertiary/aromatic N) is 3. The van der Waals surface area contributed by atoms with Gasteiger partial charge in [0.1, 0.15) is 17.3 Å². The topological polar surface area (TPSA) is 75.5 Å². The highest BCUT2D eigenvalue weighted by molar-refractivity contribution is 7.86. The predicted octanol–water partition coefficient (Wildman–Crippen LogP) is 2.20. The molecule has 1 N–H and O–H groups in total. The molecule has 0 amide bonds. The number of hydrogen-bond acceptors (Lipinski definition) is 6. The molecule has 6 nitrogen and oxygen atoms in total. The van der Waals surface area contributed by atoms with Crippen LogP contribution in [0.3, 0.4) is 0 Å². The Kier molecular flexibility index (Phi) is 5.40. The van der Waals surface area contributed by atoms with Gasteiger partial charge in [0.2, 0.25) is 5.28 Å². The van der Waals surface area contributed by atoms with Crippen LogP contribution in [0.2, 0.25) is 5.28 Å². The standard InChI is InChI=1S/C17H26ClN3O3S/c1-12-11-24-8-7-21(12)14-10-13(19-15(18)20-14)17(4-5-17)25(23)9-6-16(2,3)22/h10,12,22H,4-9,11H2,1-3H3/p+1/t12-,25?/m0/s1. The Bertz CT molecular complexity index is 661. The highest BCUT2D eigenvalue weighted by Crippen LogP contribution is 2.51. The van der Waals surface area contributed by atoms with Crippen molar-refractivity contribution in [3.8, 4) is 0 Å². The van der Waals surface area contributed by atoms with E-state index in [1.807, 2.05) is 6.07 Å². The fourth-order valence-electron chi connectivity index (χ4n) is 3.20. The lowest BCUT2D eigenvalue weighted by Crippen LogP contribution is -2.44. The van der Waals surface area contributed by atoms with Gasteiger partial charge in [-0.2, -0.15) is 0 Å². The first-order valence-corrected chi connectivity index (χ1v) is 10.6. The third-order valence-electron chi connectivity index (χ3n) is 4.95. The Morgan fingerprint density at radius 2 is 2.20 bits per heavy atom. The van der Waals surface area contributed by atoms with Crippen LogP contribution in [0.4, 0.5) is 5.82 Å². The van der Waals surface area contributed by atoms with Crippen molar-refractivity contribution in [2.75, 3.05) is 30.4 Å². The number of hydrogen-bond donors (Lipinski definition) is 1. The Hall–Kier alpha value is -0.760. The van der Waals surface area contributed by atoms with Gasteiger partial charge in [0.15, 0.2) is 4.75 Å². The van der Waals surface area contributed by atoms with E-state index in [1.165, 1.54) is 0 Å². The first kappa shape index (κ1) is 19.0.